The Morgan fingerprint density at radius 3 is 2.10 bits per heavy atom. The second-order valence-corrected chi connectivity index (χ2v) is 7.71. The van der Waals surface area contributed by atoms with E-state index in [1.165, 1.54) is 11.6 Å². The minimum atomic E-state index is -0.442. The van der Waals surface area contributed by atoms with E-state index in [0.717, 1.165) is 15.7 Å². The smallest absolute Gasteiger partial charge is 0.320 e. The second kappa shape index (κ2) is 7.88. The number of hydrogen-bond donors (Lipinski definition) is 0. The van der Waals surface area contributed by atoms with Crippen molar-refractivity contribution in [1.82, 2.24) is 9.13 Å². The van der Waals surface area contributed by atoms with Crippen LogP contribution in [0.1, 0.15) is 11.1 Å². The molecular formula is C21H21BrN4O3. The summed E-state index contributed by atoms with van der Waals surface area (Å²) in [6.45, 7) is 0.808. The van der Waals surface area contributed by atoms with Gasteiger partial charge in [0.2, 0.25) is 0 Å². The van der Waals surface area contributed by atoms with E-state index in [-0.39, 0.29) is 5.69 Å². The van der Waals surface area contributed by atoms with Gasteiger partial charge < -0.3 is 4.90 Å². The Bertz CT molecular complexity index is 1130. The molecule has 7 nitrogen and oxygen atoms in total. The molecule has 1 aliphatic heterocycles. The Labute approximate surface area is 176 Å². The number of halogens is 1. The zero-order valence-electron chi connectivity index (χ0n) is 16.2. The van der Waals surface area contributed by atoms with Crippen molar-refractivity contribution in [2.45, 2.75) is 18.2 Å². The average molecular weight is 457 g/mol. The first kappa shape index (κ1) is 19.5. The molecule has 0 aliphatic carbocycles. The van der Waals surface area contributed by atoms with Gasteiger partial charge in [0.25, 0.3) is 5.56 Å². The monoisotopic (exact) mass is 456 g/mol. The van der Waals surface area contributed by atoms with Crippen LogP contribution in [-0.4, -0.2) is 14.2 Å². The molecule has 1 atom stereocenters. The average Bonchev–Trinajstić information content (AvgIpc) is 3.02. The van der Waals surface area contributed by atoms with Crippen molar-refractivity contribution in [3.63, 3.8) is 0 Å². The molecule has 1 aliphatic rings. The first-order valence-electron chi connectivity index (χ1n) is 9.19. The lowest BCUT2D eigenvalue weighted by Gasteiger charge is -2.27. The van der Waals surface area contributed by atoms with Gasteiger partial charge in [-0.2, -0.15) is 0 Å². The maximum absolute atomic E-state index is 13.0. The van der Waals surface area contributed by atoms with Gasteiger partial charge in [-0.1, -0.05) is 60.7 Å². The summed E-state index contributed by atoms with van der Waals surface area (Å²) in [6.07, 6.45) is 0. The van der Waals surface area contributed by atoms with Crippen LogP contribution in [0.4, 0.5) is 11.5 Å². The standard InChI is InChI=1S/C21H21BrN4O3/c1-23-18-17(19(27)24(2)21(23)28)26(29-14-16-11-7-4-8-12-16)20(22)25(18)13-15-9-5-3-6-10-15/h3-12,20H,13-14H2,1-2H3. The molecule has 0 N–H and O–H groups in total. The molecule has 0 spiro atoms. The van der Waals surface area contributed by atoms with E-state index in [1.807, 2.05) is 65.6 Å². The molecule has 0 bridgehead atoms. The maximum Gasteiger partial charge on any atom is 0.332 e. The van der Waals surface area contributed by atoms with Crippen molar-refractivity contribution in [2.75, 3.05) is 9.96 Å². The van der Waals surface area contributed by atoms with Crippen LogP contribution >= 0.6 is 15.9 Å². The van der Waals surface area contributed by atoms with Gasteiger partial charge >= 0.3 is 5.69 Å². The van der Waals surface area contributed by atoms with Crippen LogP contribution in [0.2, 0.25) is 0 Å². The first-order valence-corrected chi connectivity index (χ1v) is 10.1. The topological polar surface area (TPSA) is 59.7 Å². The molecule has 0 saturated carbocycles. The van der Waals surface area contributed by atoms with Crippen molar-refractivity contribution in [2.24, 2.45) is 14.1 Å². The molecule has 0 saturated heterocycles. The van der Waals surface area contributed by atoms with Crippen molar-refractivity contribution < 1.29 is 4.84 Å². The number of aromatic nitrogens is 2. The van der Waals surface area contributed by atoms with Gasteiger partial charge in [-0.25, -0.2) is 9.86 Å². The SMILES string of the molecule is Cn1c2c(c(=O)n(C)c1=O)N(OCc1ccccc1)C(Br)N2Cc1ccccc1. The fourth-order valence-corrected chi connectivity index (χ4v) is 4.11. The van der Waals surface area contributed by atoms with Crippen LogP contribution in [-0.2, 0) is 32.1 Å². The molecule has 3 aromatic rings. The lowest BCUT2D eigenvalue weighted by atomic mass is 10.2. The summed E-state index contributed by atoms with van der Waals surface area (Å²) in [5.41, 5.74) is 1.61. The predicted octanol–water partition coefficient (Wildman–Crippen LogP) is 2.72. The minimum Gasteiger partial charge on any atom is -0.320 e. The summed E-state index contributed by atoms with van der Waals surface area (Å²) < 4.78 is 2.59. The summed E-state index contributed by atoms with van der Waals surface area (Å²) in [7, 11) is 3.14. The number of hydroxylamine groups is 1. The zero-order valence-corrected chi connectivity index (χ0v) is 17.7. The molecule has 150 valence electrons. The van der Waals surface area contributed by atoms with E-state index < -0.39 is 10.6 Å². The molecule has 0 amide bonds. The Hall–Kier alpha value is -2.84. The Morgan fingerprint density at radius 1 is 0.897 bits per heavy atom. The molecule has 29 heavy (non-hydrogen) atoms. The fourth-order valence-electron chi connectivity index (χ4n) is 3.45. The molecule has 4 rings (SSSR count). The molecule has 0 radical (unpaired) electrons. The molecule has 1 aromatic heterocycles. The highest BCUT2D eigenvalue weighted by Gasteiger charge is 2.40. The molecule has 8 heteroatoms. The zero-order chi connectivity index (χ0) is 20.5. The number of anilines is 2. The highest BCUT2D eigenvalue weighted by atomic mass is 79.9. The number of nitrogens with zero attached hydrogens (tertiary/aromatic N) is 4. The highest BCUT2D eigenvalue weighted by Crippen LogP contribution is 2.39. The third-order valence-electron chi connectivity index (χ3n) is 4.96. The van der Waals surface area contributed by atoms with Crippen molar-refractivity contribution >= 4 is 27.4 Å². The first-order chi connectivity index (χ1) is 14.0. The fraction of sp³-hybridized carbons (Fsp3) is 0.238. The van der Waals surface area contributed by atoms with E-state index >= 15 is 0 Å². The van der Waals surface area contributed by atoms with Crippen molar-refractivity contribution in [3.05, 3.63) is 92.6 Å². The number of benzene rings is 2. The molecule has 1 unspecified atom stereocenters. The van der Waals surface area contributed by atoms with Crippen LogP contribution in [0.5, 0.6) is 0 Å². The summed E-state index contributed by atoms with van der Waals surface area (Å²) >= 11 is 3.66. The number of rotatable bonds is 5. The highest BCUT2D eigenvalue weighted by molar-refractivity contribution is 9.09. The van der Waals surface area contributed by atoms with Gasteiger partial charge in [-0.3, -0.25) is 18.8 Å². The normalized spacial score (nSPS) is 15.6. The molecule has 0 fully saturated rings. The number of fused-ring (bicyclic) bond motifs is 1. The third kappa shape index (κ3) is 3.49. The Morgan fingerprint density at radius 2 is 1.48 bits per heavy atom. The lowest BCUT2D eigenvalue weighted by molar-refractivity contribution is 0.0936. The van der Waals surface area contributed by atoms with Gasteiger partial charge in [-0.15, -0.1) is 0 Å². The number of alkyl halides is 1. The van der Waals surface area contributed by atoms with Crippen LogP contribution in [0.15, 0.2) is 70.3 Å². The van der Waals surface area contributed by atoms with E-state index in [0.29, 0.717) is 24.7 Å². The largest absolute Gasteiger partial charge is 0.332 e. The Kier molecular flexibility index (Phi) is 5.29. The molecule has 2 heterocycles. The quantitative estimate of drug-likeness (QED) is 0.436. The molecule has 2 aromatic carbocycles. The van der Waals surface area contributed by atoms with Crippen LogP contribution in [0.3, 0.4) is 0 Å². The predicted molar refractivity (Wildman–Crippen MR) is 116 cm³/mol. The second-order valence-electron chi connectivity index (χ2n) is 6.89. The maximum atomic E-state index is 13.0. The van der Waals surface area contributed by atoms with Gasteiger partial charge in [0.05, 0.1) is 0 Å². The van der Waals surface area contributed by atoms with E-state index in [4.69, 9.17) is 4.84 Å². The van der Waals surface area contributed by atoms with Gasteiger partial charge in [0.1, 0.15) is 12.4 Å². The van der Waals surface area contributed by atoms with Gasteiger partial charge in [0, 0.05) is 20.6 Å². The summed E-state index contributed by atoms with van der Waals surface area (Å²) in [5, 5.41) is 1.11. The van der Waals surface area contributed by atoms with Crippen LogP contribution in [0.25, 0.3) is 0 Å². The van der Waals surface area contributed by atoms with Crippen molar-refractivity contribution in [3.8, 4) is 0 Å². The minimum absolute atomic E-state index is 0.299. The van der Waals surface area contributed by atoms with Gasteiger partial charge in [0.15, 0.2) is 10.8 Å². The van der Waals surface area contributed by atoms with E-state index in [9.17, 15) is 9.59 Å². The number of hydrogen-bond acceptors (Lipinski definition) is 5. The van der Waals surface area contributed by atoms with Crippen LogP contribution in [0, 0.1) is 0 Å². The van der Waals surface area contributed by atoms with Crippen molar-refractivity contribution in [1.29, 1.82) is 0 Å². The summed E-state index contributed by atoms with van der Waals surface area (Å²) in [5.74, 6) is 0.525. The summed E-state index contributed by atoms with van der Waals surface area (Å²) in [4.78, 5) is 33.5. The third-order valence-corrected chi connectivity index (χ3v) is 5.83. The van der Waals surface area contributed by atoms with Gasteiger partial charge in [-0.05, 0) is 27.1 Å². The molecular weight excluding hydrogens is 436 g/mol. The van der Waals surface area contributed by atoms with E-state index in [2.05, 4.69) is 15.9 Å². The van der Waals surface area contributed by atoms with Crippen LogP contribution < -0.4 is 21.2 Å². The van der Waals surface area contributed by atoms with E-state index in [1.54, 1.807) is 12.1 Å². The Balaban J connectivity index is 1.76. The summed E-state index contributed by atoms with van der Waals surface area (Å²) in [6, 6.07) is 19.6. The lowest BCUT2D eigenvalue weighted by Crippen LogP contribution is -2.40.